The monoisotopic (exact) mass is 525 g/mol. The van der Waals surface area contributed by atoms with Gasteiger partial charge in [-0.3, -0.25) is 18.4 Å². The number of esters is 1. The van der Waals surface area contributed by atoms with E-state index < -0.39 is 43.9 Å². The van der Waals surface area contributed by atoms with Crippen LogP contribution in [0.5, 0.6) is 0 Å². The van der Waals surface area contributed by atoms with E-state index in [0.29, 0.717) is 0 Å². The zero-order valence-corrected chi connectivity index (χ0v) is 21.5. The molecular formula is C22H32N5O8P. The molecule has 1 fully saturated rings. The molecule has 3 rings (SSSR count). The zero-order chi connectivity index (χ0) is 26.5. The summed E-state index contributed by atoms with van der Waals surface area (Å²) >= 11 is 0. The minimum absolute atomic E-state index is 0.0418. The molecule has 0 bridgehead atoms. The van der Waals surface area contributed by atoms with Gasteiger partial charge in [-0.15, -0.1) is 0 Å². The number of carbonyl (C=O) groups excluding carboxylic acids is 1. The number of hydrogen-bond acceptors (Lipinski definition) is 11. The summed E-state index contributed by atoms with van der Waals surface area (Å²) in [5, 5.41) is 13.1. The average Bonchev–Trinajstić information content (AvgIpc) is 3.17. The second-order valence-corrected chi connectivity index (χ2v) is 10.4. The maximum absolute atomic E-state index is 13.6. The van der Waals surface area contributed by atoms with E-state index in [1.54, 1.807) is 13.8 Å². The fraction of sp³-hybridized carbons (Fsp3) is 0.545. The Morgan fingerprint density at radius 3 is 2.72 bits per heavy atom. The number of nitrogen functional groups attached to an aromatic ring is 1. The molecule has 1 aliphatic rings. The Labute approximate surface area is 208 Å². The SMILES string of the molecule is Cc1ccccc1CO[P@](=O)(N[C@@H](C)C(=O)OC(C)C)OC[C@H]1O[C@@H](n2cnc(N)nc2=O)C[C@@H]1O. The summed E-state index contributed by atoms with van der Waals surface area (Å²) in [6.07, 6.45) is -2.02. The molecule has 0 amide bonds. The number of aromatic nitrogens is 3. The van der Waals surface area contributed by atoms with Crippen molar-refractivity contribution in [3.8, 4) is 0 Å². The standard InChI is InChI=1S/C22H32N5O8P/c1-13(2)34-20(29)15(4)26-36(31,32-10-16-8-6-5-7-14(16)3)33-11-18-17(28)9-19(35-18)27-12-24-21(23)25-22(27)30/h5-8,12-13,15,17-19,28H,9-11H2,1-4H3,(H,26,31)(H2,23,25,30)/t15-,17-,18+,19+,36+/m0/s1. The first-order valence-corrected chi connectivity index (χ1v) is 13.0. The van der Waals surface area contributed by atoms with Crippen LogP contribution in [0.3, 0.4) is 0 Å². The van der Waals surface area contributed by atoms with Gasteiger partial charge in [0.25, 0.3) is 0 Å². The Balaban J connectivity index is 1.70. The maximum Gasteiger partial charge on any atom is 0.406 e. The van der Waals surface area contributed by atoms with Gasteiger partial charge < -0.3 is 20.3 Å². The Kier molecular flexibility index (Phi) is 9.34. The van der Waals surface area contributed by atoms with Crippen molar-refractivity contribution in [2.45, 2.75) is 71.3 Å². The van der Waals surface area contributed by atoms with Gasteiger partial charge in [0.1, 0.15) is 24.7 Å². The molecule has 1 aromatic carbocycles. The van der Waals surface area contributed by atoms with Crippen LogP contribution >= 0.6 is 7.75 Å². The largest absolute Gasteiger partial charge is 0.462 e. The third-order valence-electron chi connectivity index (χ3n) is 5.38. The number of nitrogens with zero attached hydrogens (tertiary/aromatic N) is 3. The van der Waals surface area contributed by atoms with E-state index in [2.05, 4.69) is 15.1 Å². The lowest BCUT2D eigenvalue weighted by atomic mass is 10.1. The molecule has 36 heavy (non-hydrogen) atoms. The fourth-order valence-corrected chi connectivity index (χ4v) is 4.88. The molecule has 198 valence electrons. The van der Waals surface area contributed by atoms with Crippen LogP contribution < -0.4 is 16.5 Å². The highest BCUT2D eigenvalue weighted by Gasteiger charge is 2.39. The summed E-state index contributed by atoms with van der Waals surface area (Å²) < 4.78 is 36.9. The lowest BCUT2D eigenvalue weighted by Crippen LogP contribution is -2.36. The van der Waals surface area contributed by atoms with E-state index in [9.17, 15) is 19.3 Å². The second kappa shape index (κ2) is 12.0. The Morgan fingerprint density at radius 2 is 2.06 bits per heavy atom. The number of anilines is 1. The van der Waals surface area contributed by atoms with Gasteiger partial charge in [0.15, 0.2) is 0 Å². The topological polar surface area (TPSA) is 177 Å². The second-order valence-electron chi connectivity index (χ2n) is 8.67. The Bertz CT molecular complexity index is 1160. The molecule has 0 radical (unpaired) electrons. The number of aliphatic hydroxyl groups is 1. The third kappa shape index (κ3) is 7.42. The van der Waals surface area contributed by atoms with Crippen molar-refractivity contribution in [1.82, 2.24) is 19.6 Å². The van der Waals surface area contributed by atoms with Gasteiger partial charge in [-0.2, -0.15) is 4.98 Å². The van der Waals surface area contributed by atoms with Crippen molar-refractivity contribution < 1.29 is 33.0 Å². The molecule has 1 aliphatic heterocycles. The third-order valence-corrected chi connectivity index (χ3v) is 7.04. The Morgan fingerprint density at radius 1 is 1.33 bits per heavy atom. The van der Waals surface area contributed by atoms with Gasteiger partial charge in [-0.05, 0) is 38.8 Å². The smallest absolute Gasteiger partial charge is 0.406 e. The molecule has 13 nitrogen and oxygen atoms in total. The summed E-state index contributed by atoms with van der Waals surface area (Å²) in [6, 6.07) is 6.37. The number of hydrogen-bond donors (Lipinski definition) is 3. The maximum atomic E-state index is 13.6. The van der Waals surface area contributed by atoms with Gasteiger partial charge in [-0.1, -0.05) is 24.3 Å². The van der Waals surface area contributed by atoms with E-state index in [1.165, 1.54) is 13.3 Å². The first-order valence-electron chi connectivity index (χ1n) is 11.4. The molecule has 0 saturated carbocycles. The number of nitrogens with two attached hydrogens (primary N) is 1. The van der Waals surface area contributed by atoms with Crippen LogP contribution in [0.2, 0.25) is 0 Å². The summed E-state index contributed by atoms with van der Waals surface area (Å²) in [7, 11) is -4.10. The number of aliphatic hydroxyl groups excluding tert-OH is 1. The summed E-state index contributed by atoms with van der Waals surface area (Å²) in [5.74, 6) is -0.814. The van der Waals surface area contributed by atoms with Crippen molar-refractivity contribution in [2.24, 2.45) is 0 Å². The number of nitrogens with one attached hydrogen (secondary N) is 1. The van der Waals surface area contributed by atoms with Crippen molar-refractivity contribution >= 4 is 19.7 Å². The van der Waals surface area contributed by atoms with Crippen LogP contribution in [-0.4, -0.2) is 56.6 Å². The summed E-state index contributed by atoms with van der Waals surface area (Å²) in [5.41, 5.74) is 6.43. The van der Waals surface area contributed by atoms with Crippen LogP contribution in [0.25, 0.3) is 0 Å². The van der Waals surface area contributed by atoms with Crippen LogP contribution in [0, 0.1) is 6.92 Å². The molecule has 2 aromatic rings. The summed E-state index contributed by atoms with van der Waals surface area (Å²) in [6.45, 7) is 6.34. The van der Waals surface area contributed by atoms with Crippen LogP contribution in [0.15, 0.2) is 35.4 Å². The number of carbonyl (C=O) groups is 1. The van der Waals surface area contributed by atoms with E-state index >= 15 is 0 Å². The van der Waals surface area contributed by atoms with Crippen molar-refractivity contribution in [2.75, 3.05) is 12.3 Å². The predicted molar refractivity (Wildman–Crippen MR) is 129 cm³/mol. The molecule has 1 aromatic heterocycles. The number of benzene rings is 1. The van der Waals surface area contributed by atoms with Gasteiger partial charge in [-0.25, -0.2) is 19.4 Å². The van der Waals surface area contributed by atoms with Crippen LogP contribution in [0.1, 0.15) is 44.5 Å². The molecule has 1 saturated heterocycles. The summed E-state index contributed by atoms with van der Waals surface area (Å²) in [4.78, 5) is 31.7. The number of rotatable bonds is 11. The lowest BCUT2D eigenvalue weighted by molar-refractivity contribution is -0.149. The molecule has 4 N–H and O–H groups in total. The van der Waals surface area contributed by atoms with E-state index in [-0.39, 0.29) is 31.7 Å². The van der Waals surface area contributed by atoms with Crippen LogP contribution in [-0.2, 0) is 34.5 Å². The molecule has 0 unspecified atom stereocenters. The quantitative estimate of drug-likeness (QED) is 0.285. The fourth-order valence-electron chi connectivity index (χ4n) is 3.42. The molecule has 0 spiro atoms. The van der Waals surface area contributed by atoms with E-state index in [0.717, 1.165) is 15.7 Å². The van der Waals surface area contributed by atoms with Crippen LogP contribution in [0.4, 0.5) is 5.95 Å². The van der Waals surface area contributed by atoms with Crippen molar-refractivity contribution in [3.05, 3.63) is 52.2 Å². The molecule has 2 heterocycles. The Hall–Kier alpha value is -2.67. The van der Waals surface area contributed by atoms with Gasteiger partial charge in [0.05, 0.1) is 25.4 Å². The number of aryl methyl sites for hydroxylation is 1. The predicted octanol–water partition coefficient (Wildman–Crippen LogP) is 1.45. The van der Waals surface area contributed by atoms with Gasteiger partial charge in [0.2, 0.25) is 5.95 Å². The van der Waals surface area contributed by atoms with Gasteiger partial charge in [0, 0.05) is 6.42 Å². The van der Waals surface area contributed by atoms with Gasteiger partial charge >= 0.3 is 19.4 Å². The minimum Gasteiger partial charge on any atom is -0.462 e. The zero-order valence-electron chi connectivity index (χ0n) is 20.6. The highest BCUT2D eigenvalue weighted by atomic mass is 31.2. The van der Waals surface area contributed by atoms with Crippen molar-refractivity contribution in [3.63, 3.8) is 0 Å². The molecule has 5 atom stereocenters. The highest BCUT2D eigenvalue weighted by molar-refractivity contribution is 7.51. The molecule has 0 aliphatic carbocycles. The first kappa shape index (κ1) is 27.9. The normalized spacial score (nSPS) is 22.3. The minimum atomic E-state index is -4.10. The number of ether oxygens (including phenoxy) is 2. The van der Waals surface area contributed by atoms with E-state index in [4.69, 9.17) is 24.3 Å². The van der Waals surface area contributed by atoms with E-state index in [1.807, 2.05) is 31.2 Å². The highest BCUT2D eigenvalue weighted by Crippen LogP contribution is 2.46. The lowest BCUT2D eigenvalue weighted by Gasteiger charge is -2.25. The first-order chi connectivity index (χ1) is 17.0. The molecule has 14 heteroatoms. The van der Waals surface area contributed by atoms with Crippen molar-refractivity contribution in [1.29, 1.82) is 0 Å². The average molecular weight is 525 g/mol. The molecular weight excluding hydrogens is 493 g/mol.